The Hall–Kier alpha value is -1.61. The molecule has 4 heteroatoms. The summed E-state index contributed by atoms with van der Waals surface area (Å²) in [7, 11) is 0. The van der Waals surface area contributed by atoms with Crippen LogP contribution in [0.4, 0.5) is 8.78 Å². The molecule has 1 nitrogen and oxygen atoms in total. The largest absolute Gasteiger partial charge is 0.435 e. The minimum absolute atomic E-state index is 0.145. The van der Waals surface area contributed by atoms with Crippen molar-refractivity contribution < 1.29 is 13.5 Å². The van der Waals surface area contributed by atoms with E-state index in [1.807, 2.05) is 6.07 Å². The fourth-order valence-corrected chi connectivity index (χ4v) is 3.04. The fourth-order valence-electron chi connectivity index (χ4n) is 2.76. The van der Waals surface area contributed by atoms with Crippen LogP contribution in [0, 0.1) is 0 Å². The van der Waals surface area contributed by atoms with E-state index in [4.69, 9.17) is 11.6 Å². The summed E-state index contributed by atoms with van der Waals surface area (Å²) in [6, 6.07) is 12.8. The third-order valence-electron chi connectivity index (χ3n) is 3.81. The van der Waals surface area contributed by atoms with E-state index >= 15 is 0 Å². The molecule has 1 aliphatic carbocycles. The monoisotopic (exact) mass is 308 g/mol. The van der Waals surface area contributed by atoms with E-state index in [2.05, 4.69) is 16.9 Å². The average Bonchev–Trinajstić information content (AvgIpc) is 2.94. The molecule has 0 fully saturated rings. The van der Waals surface area contributed by atoms with Crippen molar-refractivity contribution in [3.8, 4) is 5.75 Å². The minimum atomic E-state index is -2.81. The summed E-state index contributed by atoms with van der Waals surface area (Å²) in [4.78, 5) is 0. The second-order valence-electron chi connectivity index (χ2n) is 5.19. The molecular weight excluding hydrogens is 294 g/mol. The van der Waals surface area contributed by atoms with Crippen molar-refractivity contribution in [1.82, 2.24) is 0 Å². The van der Waals surface area contributed by atoms with E-state index < -0.39 is 6.61 Å². The highest BCUT2D eigenvalue weighted by atomic mass is 35.5. The topological polar surface area (TPSA) is 9.23 Å². The molecule has 0 N–H and O–H groups in total. The molecule has 3 rings (SSSR count). The van der Waals surface area contributed by atoms with Crippen LogP contribution in [0.1, 0.15) is 34.1 Å². The van der Waals surface area contributed by atoms with Crippen LogP contribution in [0.3, 0.4) is 0 Å². The average molecular weight is 309 g/mol. The maximum Gasteiger partial charge on any atom is 0.387 e. The third-order valence-corrected chi connectivity index (χ3v) is 4.32. The number of fused-ring (bicyclic) bond motifs is 1. The Bertz CT molecular complexity index is 625. The molecule has 21 heavy (non-hydrogen) atoms. The Kier molecular flexibility index (Phi) is 4.11. The fraction of sp³-hybridized carbons (Fsp3) is 0.294. The quantitative estimate of drug-likeness (QED) is 0.714. The van der Waals surface area contributed by atoms with Gasteiger partial charge in [-0.15, -0.1) is 11.6 Å². The number of rotatable bonds is 4. The molecule has 1 aliphatic rings. The first-order valence-corrected chi connectivity index (χ1v) is 7.37. The molecule has 0 saturated heterocycles. The predicted octanol–water partition coefficient (Wildman–Crippen LogP) is 5.10. The van der Waals surface area contributed by atoms with Gasteiger partial charge >= 0.3 is 6.61 Å². The maximum atomic E-state index is 12.1. The normalized spacial score (nSPS) is 15.0. The molecule has 110 valence electrons. The number of ether oxygens (including phenoxy) is 1. The molecule has 1 unspecified atom stereocenters. The molecule has 0 saturated carbocycles. The van der Waals surface area contributed by atoms with Crippen molar-refractivity contribution in [3.05, 3.63) is 64.7 Å². The second-order valence-corrected chi connectivity index (χ2v) is 5.63. The van der Waals surface area contributed by atoms with E-state index in [0.29, 0.717) is 0 Å². The van der Waals surface area contributed by atoms with Crippen molar-refractivity contribution in [3.63, 3.8) is 0 Å². The number of halogens is 3. The molecule has 1 atom stereocenters. The number of benzene rings is 2. The van der Waals surface area contributed by atoms with Gasteiger partial charge in [-0.05, 0) is 53.6 Å². The molecule has 0 radical (unpaired) electrons. The second kappa shape index (κ2) is 6.02. The predicted molar refractivity (Wildman–Crippen MR) is 79.2 cm³/mol. The molecule has 0 spiro atoms. The summed E-state index contributed by atoms with van der Waals surface area (Å²) < 4.78 is 28.6. The highest BCUT2D eigenvalue weighted by Crippen LogP contribution is 2.33. The number of hydrogen-bond acceptors (Lipinski definition) is 1. The van der Waals surface area contributed by atoms with Gasteiger partial charge in [0.2, 0.25) is 0 Å². The van der Waals surface area contributed by atoms with Crippen molar-refractivity contribution in [2.75, 3.05) is 0 Å². The number of aryl methyl sites for hydroxylation is 2. The zero-order chi connectivity index (χ0) is 14.8. The molecule has 0 bridgehead atoms. The summed E-state index contributed by atoms with van der Waals surface area (Å²) in [5, 5.41) is -0.281. The van der Waals surface area contributed by atoms with Gasteiger partial charge in [0, 0.05) is 0 Å². The molecule has 0 aromatic heterocycles. The van der Waals surface area contributed by atoms with E-state index in [9.17, 15) is 8.78 Å². The number of alkyl halides is 3. The Balaban J connectivity index is 1.79. The highest BCUT2D eigenvalue weighted by molar-refractivity contribution is 6.22. The van der Waals surface area contributed by atoms with Crippen LogP contribution in [-0.4, -0.2) is 6.61 Å². The van der Waals surface area contributed by atoms with E-state index in [0.717, 1.165) is 24.0 Å². The van der Waals surface area contributed by atoms with Crippen LogP contribution in [0.2, 0.25) is 0 Å². The smallest absolute Gasteiger partial charge is 0.387 e. The molecule has 0 aliphatic heterocycles. The van der Waals surface area contributed by atoms with Gasteiger partial charge in [-0.25, -0.2) is 0 Å². The molecule has 0 heterocycles. The van der Waals surface area contributed by atoms with Crippen LogP contribution in [-0.2, 0) is 12.8 Å². The van der Waals surface area contributed by atoms with Gasteiger partial charge in [0.15, 0.2) is 0 Å². The van der Waals surface area contributed by atoms with Crippen LogP contribution in [0.15, 0.2) is 42.5 Å². The van der Waals surface area contributed by atoms with Crippen LogP contribution < -0.4 is 4.74 Å². The highest BCUT2D eigenvalue weighted by Gasteiger charge is 2.16. The van der Waals surface area contributed by atoms with E-state index in [-0.39, 0.29) is 11.1 Å². The van der Waals surface area contributed by atoms with E-state index in [1.54, 1.807) is 12.1 Å². The Morgan fingerprint density at radius 2 is 1.57 bits per heavy atom. The van der Waals surface area contributed by atoms with Crippen LogP contribution >= 0.6 is 11.6 Å². The molecule has 2 aromatic rings. The first-order valence-electron chi connectivity index (χ1n) is 6.94. The van der Waals surface area contributed by atoms with Crippen LogP contribution in [0.25, 0.3) is 0 Å². The lowest BCUT2D eigenvalue weighted by Gasteiger charge is -2.13. The Morgan fingerprint density at radius 1 is 0.905 bits per heavy atom. The van der Waals surface area contributed by atoms with Gasteiger partial charge in [0.25, 0.3) is 0 Å². The van der Waals surface area contributed by atoms with Crippen LogP contribution in [0.5, 0.6) is 5.75 Å². The summed E-state index contributed by atoms with van der Waals surface area (Å²) in [5.41, 5.74) is 4.69. The van der Waals surface area contributed by atoms with Gasteiger partial charge < -0.3 is 4.74 Å². The molecule has 2 aromatic carbocycles. The van der Waals surface area contributed by atoms with Gasteiger partial charge in [-0.1, -0.05) is 30.3 Å². The van der Waals surface area contributed by atoms with E-state index in [1.165, 1.54) is 29.7 Å². The van der Waals surface area contributed by atoms with Crippen molar-refractivity contribution in [1.29, 1.82) is 0 Å². The Morgan fingerprint density at radius 3 is 2.29 bits per heavy atom. The maximum absolute atomic E-state index is 12.1. The first-order chi connectivity index (χ1) is 10.1. The SMILES string of the molecule is FC(F)Oc1ccc(C(Cl)c2ccc3c(c2)CCC3)cc1. The minimum Gasteiger partial charge on any atom is -0.435 e. The first kappa shape index (κ1) is 14.3. The summed E-state index contributed by atoms with van der Waals surface area (Å²) >= 11 is 6.50. The lowest BCUT2D eigenvalue weighted by molar-refractivity contribution is -0.0498. The number of hydrogen-bond donors (Lipinski definition) is 0. The zero-order valence-electron chi connectivity index (χ0n) is 11.4. The van der Waals surface area contributed by atoms with Gasteiger partial charge in [0.05, 0.1) is 5.38 Å². The van der Waals surface area contributed by atoms with Crippen molar-refractivity contribution in [2.45, 2.75) is 31.3 Å². The third kappa shape index (κ3) is 3.18. The summed E-state index contributed by atoms with van der Waals surface area (Å²) in [6.07, 6.45) is 3.45. The molecule has 0 amide bonds. The van der Waals surface area contributed by atoms with Crippen molar-refractivity contribution in [2.24, 2.45) is 0 Å². The summed E-state index contributed by atoms with van der Waals surface area (Å²) in [5.74, 6) is 0.145. The zero-order valence-corrected chi connectivity index (χ0v) is 12.1. The van der Waals surface area contributed by atoms with Gasteiger partial charge in [-0.2, -0.15) is 8.78 Å². The molecular formula is C17H15ClF2O. The standard InChI is InChI=1S/C17H15ClF2O/c18-16(12-6-8-15(9-7-12)21-17(19)20)14-5-4-11-2-1-3-13(11)10-14/h4-10,16-17H,1-3H2. The van der Waals surface area contributed by atoms with Gasteiger partial charge in [0.1, 0.15) is 5.75 Å². The Labute approximate surface area is 127 Å². The summed E-state index contributed by atoms with van der Waals surface area (Å²) in [6.45, 7) is -2.81. The lowest BCUT2D eigenvalue weighted by Crippen LogP contribution is -2.02. The lowest BCUT2D eigenvalue weighted by atomic mass is 10.00. The van der Waals surface area contributed by atoms with Gasteiger partial charge in [-0.3, -0.25) is 0 Å². The van der Waals surface area contributed by atoms with Crippen molar-refractivity contribution >= 4 is 11.6 Å².